The van der Waals surface area contributed by atoms with Gasteiger partial charge in [0.05, 0.1) is 0 Å². The smallest absolute Gasteiger partial charge is 0.258 e. The fourth-order valence-corrected chi connectivity index (χ4v) is 7.37. The summed E-state index contributed by atoms with van der Waals surface area (Å²) in [7, 11) is -3.48. The van der Waals surface area contributed by atoms with Gasteiger partial charge in [0.1, 0.15) is 4.21 Å². The first-order valence-corrected chi connectivity index (χ1v) is 12.8. The Morgan fingerprint density at radius 3 is 2.55 bits per heavy atom. The van der Waals surface area contributed by atoms with E-state index >= 15 is 0 Å². The molecule has 2 bridgehead atoms. The predicted molar refractivity (Wildman–Crippen MR) is 125 cm³/mol. The summed E-state index contributed by atoms with van der Waals surface area (Å²) in [5, 5.41) is 2.46. The van der Waals surface area contributed by atoms with Gasteiger partial charge < -0.3 is 4.57 Å². The Hall–Kier alpha value is -2.19. The molecule has 160 valence electrons. The van der Waals surface area contributed by atoms with Gasteiger partial charge in [0.25, 0.3) is 15.6 Å². The monoisotopic (exact) mass is 472 g/mol. The lowest BCUT2D eigenvalue weighted by Gasteiger charge is -2.42. The Morgan fingerprint density at radius 2 is 1.81 bits per heavy atom. The summed E-state index contributed by atoms with van der Waals surface area (Å²) in [4.78, 5) is 13.1. The molecule has 8 heteroatoms. The summed E-state index contributed by atoms with van der Waals surface area (Å²) < 4.78 is 29.8. The topological polar surface area (TPSA) is 59.4 Å². The highest BCUT2D eigenvalue weighted by molar-refractivity contribution is 7.91. The molecule has 5 rings (SSSR count). The number of thiophene rings is 1. The van der Waals surface area contributed by atoms with E-state index in [1.54, 1.807) is 21.8 Å². The lowest BCUT2D eigenvalue weighted by Crippen LogP contribution is -2.49. The number of pyridine rings is 1. The van der Waals surface area contributed by atoms with Crippen LogP contribution in [-0.4, -0.2) is 30.4 Å². The van der Waals surface area contributed by atoms with Gasteiger partial charge in [0.2, 0.25) is 0 Å². The molecule has 1 fully saturated rings. The highest BCUT2D eigenvalue weighted by Crippen LogP contribution is 2.37. The maximum atomic E-state index is 13.1. The normalized spacial score (nSPS) is 21.3. The van der Waals surface area contributed by atoms with Crippen molar-refractivity contribution >= 4 is 45.1 Å². The minimum atomic E-state index is -3.48. The third-order valence-electron chi connectivity index (χ3n) is 6.01. The standard InChI is InChI=1S/C23H21ClN2O3S2/c24-20-8-4-16(5-9-20)3-6-18-7-10-21-19-12-17(14-26(21)23(18)27)13-25(15-19)31(28,29)22-2-1-11-30-22/h1-11,17,19H,12-15H2/b6-3+/t17-,19+/m0/s1. The van der Waals surface area contributed by atoms with Crippen molar-refractivity contribution in [3.63, 3.8) is 0 Å². The third kappa shape index (κ3) is 3.91. The van der Waals surface area contributed by atoms with E-state index in [1.807, 2.05) is 53.1 Å². The van der Waals surface area contributed by atoms with E-state index in [-0.39, 0.29) is 17.4 Å². The first kappa shape index (κ1) is 20.7. The largest absolute Gasteiger partial charge is 0.311 e. The van der Waals surface area contributed by atoms with Gasteiger partial charge >= 0.3 is 0 Å². The van der Waals surface area contributed by atoms with E-state index in [0.717, 1.165) is 17.7 Å². The van der Waals surface area contributed by atoms with Crippen molar-refractivity contribution < 1.29 is 8.42 Å². The number of hydrogen-bond donors (Lipinski definition) is 0. The van der Waals surface area contributed by atoms with Crippen LogP contribution in [-0.2, 0) is 16.6 Å². The predicted octanol–water partition coefficient (Wildman–Crippen LogP) is 4.54. The second-order valence-corrected chi connectivity index (χ2v) is 11.6. The average Bonchev–Trinajstić information content (AvgIpc) is 3.31. The molecule has 2 aliphatic heterocycles. The molecule has 0 aliphatic carbocycles. The Labute approximate surface area is 190 Å². The molecular formula is C23H21ClN2O3S2. The first-order chi connectivity index (χ1) is 14.9. The van der Waals surface area contributed by atoms with Gasteiger partial charge in [-0.1, -0.05) is 35.9 Å². The molecule has 0 N–H and O–H groups in total. The van der Waals surface area contributed by atoms with Crippen LogP contribution < -0.4 is 5.56 Å². The minimum Gasteiger partial charge on any atom is -0.311 e. The van der Waals surface area contributed by atoms with Gasteiger partial charge in [-0.3, -0.25) is 4.79 Å². The molecule has 2 atom stereocenters. The molecule has 0 spiro atoms. The van der Waals surface area contributed by atoms with Crippen LogP contribution in [0.15, 0.2) is 62.9 Å². The summed E-state index contributed by atoms with van der Waals surface area (Å²) in [6.45, 7) is 1.41. The molecule has 2 aromatic heterocycles. The van der Waals surface area contributed by atoms with Crippen LogP contribution in [0, 0.1) is 5.92 Å². The number of hydrogen-bond acceptors (Lipinski definition) is 4. The van der Waals surface area contributed by atoms with Crippen LogP contribution >= 0.6 is 22.9 Å². The van der Waals surface area contributed by atoms with E-state index in [2.05, 4.69) is 0 Å². The number of halogens is 1. The first-order valence-electron chi connectivity index (χ1n) is 10.1. The number of piperidine rings is 1. The van der Waals surface area contributed by atoms with E-state index < -0.39 is 10.0 Å². The molecule has 31 heavy (non-hydrogen) atoms. The SMILES string of the molecule is O=c1c(/C=C/c2ccc(Cl)cc2)ccc2n1C[C@H]1C[C@@H]2CN(S(=O)(=O)c2cccs2)C1. The van der Waals surface area contributed by atoms with Crippen LogP contribution in [0.5, 0.6) is 0 Å². The van der Waals surface area contributed by atoms with Crippen LogP contribution in [0.3, 0.4) is 0 Å². The summed E-state index contributed by atoms with van der Waals surface area (Å²) in [5.41, 5.74) is 2.50. The average molecular weight is 473 g/mol. The molecule has 0 saturated carbocycles. The fraction of sp³-hybridized carbons (Fsp3) is 0.261. The Morgan fingerprint density at radius 1 is 1.00 bits per heavy atom. The Balaban J connectivity index is 1.43. The van der Waals surface area contributed by atoms with Gasteiger partial charge in [0, 0.05) is 41.8 Å². The molecule has 1 aromatic carbocycles. The number of benzene rings is 1. The second kappa shape index (κ2) is 8.06. The maximum Gasteiger partial charge on any atom is 0.258 e. The highest BCUT2D eigenvalue weighted by Gasteiger charge is 2.39. The minimum absolute atomic E-state index is 0.0213. The molecule has 0 amide bonds. The van der Waals surface area contributed by atoms with Gasteiger partial charge in [-0.15, -0.1) is 11.3 Å². The van der Waals surface area contributed by atoms with Crippen molar-refractivity contribution in [1.82, 2.24) is 8.87 Å². The lowest BCUT2D eigenvalue weighted by atomic mass is 9.84. The van der Waals surface area contributed by atoms with Crippen molar-refractivity contribution in [3.05, 3.63) is 86.1 Å². The molecule has 4 heterocycles. The molecule has 3 aromatic rings. The molecule has 0 radical (unpaired) electrons. The lowest BCUT2D eigenvalue weighted by molar-refractivity contribution is 0.186. The molecule has 5 nitrogen and oxygen atoms in total. The maximum absolute atomic E-state index is 13.1. The quantitative estimate of drug-likeness (QED) is 0.560. The second-order valence-electron chi connectivity index (χ2n) is 8.07. The third-order valence-corrected chi connectivity index (χ3v) is 9.47. The van der Waals surface area contributed by atoms with Gasteiger partial charge in [-0.05, 0) is 59.7 Å². The van der Waals surface area contributed by atoms with E-state index in [9.17, 15) is 13.2 Å². The van der Waals surface area contributed by atoms with Crippen molar-refractivity contribution in [2.24, 2.45) is 5.92 Å². The Bertz CT molecular complexity index is 1300. The number of nitrogens with zero attached hydrogens (tertiary/aromatic N) is 2. The number of sulfonamides is 1. The zero-order valence-corrected chi connectivity index (χ0v) is 19.0. The molecule has 2 aliphatic rings. The molecule has 0 unspecified atom stereocenters. The van der Waals surface area contributed by atoms with Crippen molar-refractivity contribution in [2.45, 2.75) is 23.1 Å². The summed E-state index contributed by atoms with van der Waals surface area (Å²) in [6.07, 6.45) is 4.64. The summed E-state index contributed by atoms with van der Waals surface area (Å²) in [5.74, 6) is 0.165. The number of fused-ring (bicyclic) bond motifs is 4. The zero-order chi connectivity index (χ0) is 21.6. The molecule has 1 saturated heterocycles. The van der Waals surface area contributed by atoms with Crippen molar-refractivity contribution in [2.75, 3.05) is 13.1 Å². The van der Waals surface area contributed by atoms with Crippen molar-refractivity contribution in [3.8, 4) is 0 Å². The summed E-state index contributed by atoms with van der Waals surface area (Å²) in [6, 6.07) is 14.7. The van der Waals surface area contributed by atoms with Crippen LogP contribution in [0.4, 0.5) is 0 Å². The van der Waals surface area contributed by atoms with E-state index in [0.29, 0.717) is 34.4 Å². The van der Waals surface area contributed by atoms with Crippen LogP contribution in [0.25, 0.3) is 12.2 Å². The van der Waals surface area contributed by atoms with Crippen molar-refractivity contribution in [1.29, 1.82) is 0 Å². The summed E-state index contributed by atoms with van der Waals surface area (Å²) >= 11 is 7.18. The van der Waals surface area contributed by atoms with Gasteiger partial charge in [0.15, 0.2) is 0 Å². The molecular weight excluding hydrogens is 452 g/mol. The Kier molecular flexibility index (Phi) is 5.38. The van der Waals surface area contributed by atoms with Crippen LogP contribution in [0.1, 0.15) is 29.2 Å². The van der Waals surface area contributed by atoms with E-state index in [1.165, 1.54) is 11.3 Å². The zero-order valence-electron chi connectivity index (χ0n) is 16.6. The van der Waals surface area contributed by atoms with Gasteiger partial charge in [-0.2, -0.15) is 4.31 Å². The van der Waals surface area contributed by atoms with Crippen LogP contribution in [0.2, 0.25) is 5.02 Å². The number of aromatic nitrogens is 1. The fourth-order valence-electron chi connectivity index (χ4n) is 4.54. The highest BCUT2D eigenvalue weighted by atomic mass is 35.5. The number of rotatable bonds is 4. The van der Waals surface area contributed by atoms with Gasteiger partial charge in [-0.25, -0.2) is 8.42 Å². The van der Waals surface area contributed by atoms with E-state index in [4.69, 9.17) is 11.6 Å².